The minimum atomic E-state index is -0.201. The average Bonchev–Trinajstić information content (AvgIpc) is 2.91. The lowest BCUT2D eigenvalue weighted by atomic mass is 10.0. The molecule has 3 rings (SSSR count). The van der Waals surface area contributed by atoms with Crippen molar-refractivity contribution in [3.63, 3.8) is 0 Å². The van der Waals surface area contributed by atoms with Crippen LogP contribution >= 0.6 is 0 Å². The quantitative estimate of drug-likeness (QED) is 0.628. The van der Waals surface area contributed by atoms with Gasteiger partial charge in [-0.15, -0.1) is 0 Å². The number of Topliss-reactive ketones (excluding diaryl/α,β-unsaturated/α-hetero) is 2. The van der Waals surface area contributed by atoms with Crippen LogP contribution in [0.3, 0.4) is 0 Å². The van der Waals surface area contributed by atoms with Crippen LogP contribution in [0.2, 0.25) is 0 Å². The molecule has 0 aliphatic rings. The minimum Gasteiger partial charge on any atom is -0.507 e. The van der Waals surface area contributed by atoms with Crippen molar-refractivity contribution < 1.29 is 19.4 Å². The second-order valence-corrected chi connectivity index (χ2v) is 7.38. The monoisotopic (exact) mass is 382 g/mol. The Morgan fingerprint density at radius 1 is 1.00 bits per heavy atom. The van der Waals surface area contributed by atoms with Crippen LogP contribution in [0.5, 0.6) is 11.5 Å². The van der Waals surface area contributed by atoms with E-state index in [4.69, 9.17) is 4.74 Å². The number of ether oxygens (including phenoxy) is 1. The molecule has 2 aromatic carbocycles. The summed E-state index contributed by atoms with van der Waals surface area (Å²) in [5.74, 6) is 0.203. The van der Waals surface area contributed by atoms with Crippen molar-refractivity contribution in [1.82, 2.24) is 9.47 Å². The standard InChI is InChI=1S/C22H26N2O4/c1-13(25)15-9-17-18-10-16(14(2)26)22(28-5)12-20(18)24(8-6-7-23(3)4)19(17)11-21(15)27/h9-12,27H,6-8H2,1-5H3. The Labute approximate surface area is 164 Å². The molecule has 6 nitrogen and oxygen atoms in total. The number of methoxy groups -OCH3 is 1. The topological polar surface area (TPSA) is 71.8 Å². The predicted octanol–water partition coefficient (Wildman–Crippen LogP) is 3.87. The van der Waals surface area contributed by atoms with Crippen molar-refractivity contribution >= 4 is 33.4 Å². The average molecular weight is 382 g/mol. The Morgan fingerprint density at radius 3 is 2.11 bits per heavy atom. The summed E-state index contributed by atoms with van der Waals surface area (Å²) < 4.78 is 7.56. The Bertz CT molecular complexity index is 1080. The van der Waals surface area contributed by atoms with E-state index in [1.165, 1.54) is 13.8 Å². The maximum atomic E-state index is 12.1. The number of aryl methyl sites for hydroxylation is 1. The molecule has 1 N–H and O–H groups in total. The van der Waals surface area contributed by atoms with Crippen LogP contribution < -0.4 is 4.74 Å². The van der Waals surface area contributed by atoms with Crippen molar-refractivity contribution in [2.75, 3.05) is 27.7 Å². The van der Waals surface area contributed by atoms with Gasteiger partial charge in [-0.3, -0.25) is 9.59 Å². The van der Waals surface area contributed by atoms with Gasteiger partial charge in [-0.1, -0.05) is 0 Å². The molecule has 0 radical (unpaired) electrons. The van der Waals surface area contributed by atoms with Crippen LogP contribution in [0.4, 0.5) is 0 Å². The van der Waals surface area contributed by atoms with E-state index in [0.29, 0.717) is 11.3 Å². The SMILES string of the molecule is COc1cc2c(cc1C(C)=O)c1cc(C(C)=O)c(O)cc1n2CCCN(C)C. The normalized spacial score (nSPS) is 11.5. The zero-order chi connectivity index (χ0) is 20.6. The molecular weight excluding hydrogens is 356 g/mol. The largest absolute Gasteiger partial charge is 0.507 e. The summed E-state index contributed by atoms with van der Waals surface area (Å²) in [5.41, 5.74) is 2.52. The maximum Gasteiger partial charge on any atom is 0.163 e. The molecule has 0 fully saturated rings. The van der Waals surface area contributed by atoms with Crippen molar-refractivity contribution in [3.05, 3.63) is 35.4 Å². The molecule has 1 heterocycles. The number of hydrogen-bond acceptors (Lipinski definition) is 5. The van der Waals surface area contributed by atoms with Gasteiger partial charge in [0.2, 0.25) is 0 Å². The highest BCUT2D eigenvalue weighted by molar-refractivity contribution is 6.14. The first kappa shape index (κ1) is 19.9. The molecule has 148 valence electrons. The van der Waals surface area contributed by atoms with Crippen molar-refractivity contribution in [2.45, 2.75) is 26.8 Å². The lowest BCUT2D eigenvalue weighted by Gasteiger charge is -2.13. The maximum absolute atomic E-state index is 12.1. The molecule has 0 saturated heterocycles. The number of benzene rings is 2. The molecule has 0 bridgehead atoms. The van der Waals surface area contributed by atoms with Crippen LogP contribution in [0.25, 0.3) is 21.8 Å². The summed E-state index contributed by atoms with van der Waals surface area (Å²) in [6, 6.07) is 7.05. The molecule has 0 aliphatic heterocycles. The number of fused-ring (bicyclic) bond motifs is 3. The first-order valence-corrected chi connectivity index (χ1v) is 9.28. The highest BCUT2D eigenvalue weighted by Gasteiger charge is 2.19. The number of phenols is 1. The van der Waals surface area contributed by atoms with Gasteiger partial charge in [0, 0.05) is 29.4 Å². The van der Waals surface area contributed by atoms with Gasteiger partial charge in [0.25, 0.3) is 0 Å². The van der Waals surface area contributed by atoms with E-state index in [-0.39, 0.29) is 22.9 Å². The van der Waals surface area contributed by atoms with E-state index in [9.17, 15) is 14.7 Å². The number of carbonyl (C=O) groups is 2. The van der Waals surface area contributed by atoms with Gasteiger partial charge in [-0.25, -0.2) is 0 Å². The number of carbonyl (C=O) groups excluding carboxylic acids is 2. The Balaban J connectivity index is 2.34. The molecule has 6 heteroatoms. The summed E-state index contributed by atoms with van der Waals surface area (Å²) in [5, 5.41) is 12.1. The highest BCUT2D eigenvalue weighted by atomic mass is 16.5. The second-order valence-electron chi connectivity index (χ2n) is 7.38. The van der Waals surface area contributed by atoms with Gasteiger partial charge in [-0.05, 0) is 53.0 Å². The van der Waals surface area contributed by atoms with E-state index >= 15 is 0 Å². The first-order valence-electron chi connectivity index (χ1n) is 9.28. The molecule has 28 heavy (non-hydrogen) atoms. The minimum absolute atomic E-state index is 0.0320. The molecule has 0 amide bonds. The third-order valence-corrected chi connectivity index (χ3v) is 5.05. The molecule has 0 aliphatic carbocycles. The van der Waals surface area contributed by atoms with Crippen molar-refractivity contribution in [2.24, 2.45) is 0 Å². The molecular formula is C22H26N2O4. The van der Waals surface area contributed by atoms with Crippen LogP contribution in [0.1, 0.15) is 41.0 Å². The number of rotatable bonds is 7. The molecule has 3 aromatic rings. The summed E-state index contributed by atoms with van der Waals surface area (Å²) in [6.07, 6.45) is 0.915. The molecule has 0 saturated carbocycles. The number of aromatic nitrogens is 1. The van der Waals surface area contributed by atoms with Gasteiger partial charge >= 0.3 is 0 Å². The molecule has 0 unspecified atom stereocenters. The molecule has 0 spiro atoms. The number of phenolic OH excluding ortho intramolecular Hbond substituents is 1. The van der Waals surface area contributed by atoms with Gasteiger partial charge in [0.05, 0.1) is 29.3 Å². The van der Waals surface area contributed by atoms with Crippen LogP contribution in [0.15, 0.2) is 24.3 Å². The van der Waals surface area contributed by atoms with Crippen molar-refractivity contribution in [1.29, 1.82) is 0 Å². The first-order chi connectivity index (χ1) is 13.2. The predicted molar refractivity (Wildman–Crippen MR) is 111 cm³/mol. The summed E-state index contributed by atoms with van der Waals surface area (Å²) in [4.78, 5) is 26.1. The van der Waals surface area contributed by atoms with Crippen LogP contribution in [0, 0.1) is 0 Å². The summed E-state index contributed by atoms with van der Waals surface area (Å²) >= 11 is 0. The number of aromatic hydroxyl groups is 1. The van der Waals surface area contributed by atoms with Crippen molar-refractivity contribution in [3.8, 4) is 11.5 Å². The van der Waals surface area contributed by atoms with Gasteiger partial charge in [0.1, 0.15) is 11.5 Å². The summed E-state index contributed by atoms with van der Waals surface area (Å²) in [7, 11) is 5.60. The number of hydrogen-bond donors (Lipinski definition) is 1. The fraction of sp³-hybridized carbons (Fsp3) is 0.364. The summed E-state index contributed by atoms with van der Waals surface area (Å²) in [6.45, 7) is 4.59. The zero-order valence-corrected chi connectivity index (χ0v) is 17.0. The lowest BCUT2D eigenvalue weighted by molar-refractivity contribution is 0.100. The smallest absolute Gasteiger partial charge is 0.163 e. The number of nitrogens with zero attached hydrogens (tertiary/aromatic N) is 2. The third-order valence-electron chi connectivity index (χ3n) is 5.05. The lowest BCUT2D eigenvalue weighted by Crippen LogP contribution is -2.15. The van der Waals surface area contributed by atoms with E-state index in [1.807, 2.05) is 26.2 Å². The van der Waals surface area contributed by atoms with Gasteiger partial charge < -0.3 is 19.3 Å². The number of ketones is 2. The van der Waals surface area contributed by atoms with Gasteiger partial charge in [-0.2, -0.15) is 0 Å². The Hall–Kier alpha value is -2.86. The highest BCUT2D eigenvalue weighted by Crippen LogP contribution is 2.37. The third kappa shape index (κ3) is 3.47. The van der Waals surface area contributed by atoms with Crippen LogP contribution in [-0.4, -0.2) is 53.9 Å². The fourth-order valence-electron chi connectivity index (χ4n) is 3.67. The molecule has 0 atom stereocenters. The Kier molecular flexibility index (Phi) is 5.42. The zero-order valence-electron chi connectivity index (χ0n) is 17.0. The second kappa shape index (κ2) is 7.64. The molecule has 1 aromatic heterocycles. The van der Waals surface area contributed by atoms with E-state index in [1.54, 1.807) is 19.2 Å². The van der Waals surface area contributed by atoms with E-state index < -0.39 is 0 Å². The Morgan fingerprint density at radius 2 is 1.57 bits per heavy atom. The van der Waals surface area contributed by atoms with Crippen LogP contribution in [-0.2, 0) is 6.54 Å². The van der Waals surface area contributed by atoms with E-state index in [2.05, 4.69) is 9.47 Å². The fourth-order valence-corrected chi connectivity index (χ4v) is 3.67. The van der Waals surface area contributed by atoms with E-state index in [0.717, 1.165) is 41.3 Å². The van der Waals surface area contributed by atoms with Gasteiger partial charge in [0.15, 0.2) is 11.6 Å².